The number of Topliss-reactive ketones (excluding diaryl/α,β-unsaturated/α-hetero) is 1. The molecule has 2 aromatic heterocycles. The van der Waals surface area contributed by atoms with Crippen LogP contribution in [-0.2, 0) is 4.79 Å². The van der Waals surface area contributed by atoms with Crippen molar-refractivity contribution in [2.75, 3.05) is 13.1 Å². The van der Waals surface area contributed by atoms with Crippen LogP contribution in [0.1, 0.15) is 95.5 Å². The molecular formula is C31H49N3O. The number of carbonyl (C=O) groups is 1. The molecule has 0 aliphatic carbocycles. The molecule has 0 spiro atoms. The third-order valence-electron chi connectivity index (χ3n) is 6.28. The van der Waals surface area contributed by atoms with E-state index in [4.69, 9.17) is 0 Å². The Morgan fingerprint density at radius 2 is 1.54 bits per heavy atom. The molecule has 1 atom stereocenters. The van der Waals surface area contributed by atoms with Gasteiger partial charge in [0.05, 0.1) is 11.6 Å². The number of ketones is 1. The Morgan fingerprint density at radius 3 is 2.06 bits per heavy atom. The first kappa shape index (κ1) is 30.6. The van der Waals surface area contributed by atoms with E-state index in [1.807, 2.05) is 46.2 Å². The molecular weight excluding hydrogens is 430 g/mol. The van der Waals surface area contributed by atoms with E-state index in [-0.39, 0.29) is 17.7 Å². The second kappa shape index (κ2) is 15.5. The summed E-state index contributed by atoms with van der Waals surface area (Å²) in [5.74, 6) is 0.970. The molecule has 4 nitrogen and oxygen atoms in total. The normalized spacial score (nSPS) is 11.7. The molecule has 0 amide bonds. The molecule has 0 saturated carbocycles. The second-order valence-corrected chi connectivity index (χ2v) is 10.1. The van der Waals surface area contributed by atoms with Gasteiger partial charge in [-0.2, -0.15) is 0 Å². The molecule has 0 saturated heterocycles. The van der Waals surface area contributed by atoms with Crippen molar-refractivity contribution in [3.63, 3.8) is 0 Å². The molecule has 4 heteroatoms. The quantitative estimate of drug-likeness (QED) is 0.333. The average molecular weight is 480 g/mol. The highest BCUT2D eigenvalue weighted by atomic mass is 16.1. The van der Waals surface area contributed by atoms with Crippen molar-refractivity contribution < 1.29 is 4.79 Å². The highest BCUT2D eigenvalue weighted by Crippen LogP contribution is 2.25. The lowest BCUT2D eigenvalue weighted by atomic mass is 9.99. The molecule has 1 aromatic carbocycles. The van der Waals surface area contributed by atoms with Gasteiger partial charge >= 0.3 is 0 Å². The van der Waals surface area contributed by atoms with Crippen LogP contribution in [0, 0.1) is 26.7 Å². The van der Waals surface area contributed by atoms with Crippen molar-refractivity contribution in [1.29, 1.82) is 0 Å². The van der Waals surface area contributed by atoms with Gasteiger partial charge in [-0.05, 0) is 87.9 Å². The highest BCUT2D eigenvalue weighted by molar-refractivity contribution is 5.88. The van der Waals surface area contributed by atoms with Crippen LogP contribution in [0.3, 0.4) is 0 Å². The minimum atomic E-state index is -0.117. The van der Waals surface area contributed by atoms with E-state index >= 15 is 0 Å². The van der Waals surface area contributed by atoms with Gasteiger partial charge in [0.2, 0.25) is 0 Å². The number of aryl methyl sites for hydroxylation is 3. The first-order chi connectivity index (χ1) is 16.5. The Morgan fingerprint density at radius 1 is 0.914 bits per heavy atom. The summed E-state index contributed by atoms with van der Waals surface area (Å²) >= 11 is 0. The largest absolute Gasteiger partial charge is 0.337 e. The van der Waals surface area contributed by atoms with E-state index in [9.17, 15) is 4.79 Å². The van der Waals surface area contributed by atoms with Crippen molar-refractivity contribution in [1.82, 2.24) is 14.9 Å². The van der Waals surface area contributed by atoms with Crippen molar-refractivity contribution in [2.45, 2.75) is 94.0 Å². The molecule has 1 N–H and O–H groups in total. The molecule has 0 fully saturated rings. The van der Waals surface area contributed by atoms with Crippen LogP contribution < -0.4 is 5.32 Å². The maximum atomic E-state index is 12.1. The fourth-order valence-corrected chi connectivity index (χ4v) is 3.81. The molecule has 0 radical (unpaired) electrons. The minimum absolute atomic E-state index is 0.0598. The summed E-state index contributed by atoms with van der Waals surface area (Å²) < 4.78 is 2.05. The molecule has 1 unspecified atom stereocenters. The second-order valence-electron chi connectivity index (χ2n) is 10.1. The van der Waals surface area contributed by atoms with Crippen molar-refractivity contribution in [2.24, 2.45) is 5.92 Å². The summed E-state index contributed by atoms with van der Waals surface area (Å²) in [5.41, 5.74) is 6.47. The summed E-state index contributed by atoms with van der Waals surface area (Å²) in [4.78, 5) is 16.2. The number of nitrogens with zero attached hydrogens (tertiary/aromatic N) is 2. The monoisotopic (exact) mass is 479 g/mol. The van der Waals surface area contributed by atoms with E-state index in [1.54, 1.807) is 6.20 Å². The number of benzene rings is 1. The first-order valence-corrected chi connectivity index (χ1v) is 13.3. The molecule has 0 aliphatic rings. The van der Waals surface area contributed by atoms with Crippen molar-refractivity contribution >= 4 is 16.7 Å². The predicted octanol–water partition coefficient (Wildman–Crippen LogP) is 7.95. The SMILES string of the molecule is CCCNCCC.Cc1ccc(C(C)C)cc1C.Cc1cn(C(C)C(=O)C(C)C)c2ccncc12. The third-order valence-corrected chi connectivity index (χ3v) is 6.28. The Kier molecular flexibility index (Phi) is 13.6. The van der Waals surface area contributed by atoms with Crippen LogP contribution in [0.5, 0.6) is 0 Å². The zero-order valence-corrected chi connectivity index (χ0v) is 23.9. The fourth-order valence-electron chi connectivity index (χ4n) is 3.81. The van der Waals surface area contributed by atoms with Crippen LogP contribution >= 0.6 is 0 Å². The van der Waals surface area contributed by atoms with Crippen LogP contribution in [0.2, 0.25) is 0 Å². The predicted molar refractivity (Wildman–Crippen MR) is 152 cm³/mol. The van der Waals surface area contributed by atoms with Gasteiger partial charge in [-0.15, -0.1) is 0 Å². The van der Waals surface area contributed by atoms with Crippen molar-refractivity contribution in [3.05, 3.63) is 65.1 Å². The number of carbonyl (C=O) groups excluding carboxylic acids is 1. The van der Waals surface area contributed by atoms with Gasteiger partial charge in [-0.1, -0.05) is 59.7 Å². The molecule has 3 aromatic rings. The van der Waals surface area contributed by atoms with E-state index in [1.165, 1.54) is 42.6 Å². The Hall–Kier alpha value is -2.46. The lowest BCUT2D eigenvalue weighted by Crippen LogP contribution is -2.20. The Balaban J connectivity index is 0.000000293. The van der Waals surface area contributed by atoms with Crippen LogP contribution in [0.15, 0.2) is 42.9 Å². The third kappa shape index (κ3) is 9.60. The standard InChI is InChI=1S/C14H18N2O.C11H16.C6H15N/c1-9(2)14(17)11(4)16-8-10(3)12-7-15-6-5-13(12)16;1-8(2)11-6-5-9(3)10(4)7-11;1-3-5-7-6-4-2/h5-9,11H,1-4H3;5-8H,1-4H3;7H,3-6H2,1-2H3. The maximum Gasteiger partial charge on any atom is 0.157 e. The summed E-state index contributed by atoms with van der Waals surface area (Å²) in [5, 5.41) is 4.41. The molecule has 194 valence electrons. The van der Waals surface area contributed by atoms with Crippen LogP contribution in [0.25, 0.3) is 10.9 Å². The number of nitrogens with one attached hydrogen (secondary N) is 1. The van der Waals surface area contributed by atoms with E-state index in [2.05, 4.69) is 74.6 Å². The van der Waals surface area contributed by atoms with E-state index in [0.717, 1.165) is 16.5 Å². The Bertz CT molecular complexity index is 1030. The summed E-state index contributed by atoms with van der Waals surface area (Å²) in [6.45, 7) is 23.4. The van der Waals surface area contributed by atoms with Crippen LogP contribution in [0.4, 0.5) is 0 Å². The van der Waals surface area contributed by atoms with Gasteiger partial charge < -0.3 is 9.88 Å². The minimum Gasteiger partial charge on any atom is -0.337 e. The number of fused-ring (bicyclic) bond motifs is 1. The van der Waals surface area contributed by atoms with Gasteiger partial charge in [0.25, 0.3) is 0 Å². The van der Waals surface area contributed by atoms with Gasteiger partial charge in [0.1, 0.15) is 0 Å². The van der Waals surface area contributed by atoms with Gasteiger partial charge in [-0.25, -0.2) is 0 Å². The van der Waals surface area contributed by atoms with Gasteiger partial charge in [0.15, 0.2) is 5.78 Å². The van der Waals surface area contributed by atoms with Gasteiger partial charge in [-0.3, -0.25) is 9.78 Å². The summed E-state index contributed by atoms with van der Waals surface area (Å²) in [6.07, 6.45) is 8.16. The van der Waals surface area contributed by atoms with E-state index in [0.29, 0.717) is 5.92 Å². The smallest absolute Gasteiger partial charge is 0.157 e. The maximum absolute atomic E-state index is 12.1. The first-order valence-electron chi connectivity index (χ1n) is 13.3. The molecule has 0 bridgehead atoms. The average Bonchev–Trinajstić information content (AvgIpc) is 3.17. The lowest BCUT2D eigenvalue weighted by molar-refractivity contribution is -0.124. The molecule has 35 heavy (non-hydrogen) atoms. The zero-order chi connectivity index (χ0) is 26.5. The molecule has 2 heterocycles. The number of pyridine rings is 1. The highest BCUT2D eigenvalue weighted by Gasteiger charge is 2.20. The van der Waals surface area contributed by atoms with E-state index < -0.39 is 0 Å². The number of hydrogen-bond donors (Lipinski definition) is 1. The van der Waals surface area contributed by atoms with Gasteiger partial charge in [0, 0.05) is 29.9 Å². The van der Waals surface area contributed by atoms with Crippen molar-refractivity contribution in [3.8, 4) is 0 Å². The topological polar surface area (TPSA) is 46.9 Å². The lowest BCUT2D eigenvalue weighted by Gasteiger charge is -2.16. The van der Waals surface area contributed by atoms with Crippen LogP contribution in [-0.4, -0.2) is 28.4 Å². The summed E-state index contributed by atoms with van der Waals surface area (Å²) in [6, 6.07) is 8.54. The zero-order valence-electron chi connectivity index (χ0n) is 23.9. The summed E-state index contributed by atoms with van der Waals surface area (Å²) in [7, 11) is 0. The number of aromatic nitrogens is 2. The fraction of sp³-hybridized carbons (Fsp3) is 0.548. The molecule has 0 aliphatic heterocycles. The Labute approximate surface area is 214 Å². The number of hydrogen-bond acceptors (Lipinski definition) is 3. The molecule has 3 rings (SSSR count). The number of rotatable bonds is 8.